The minimum atomic E-state index is -0.603. The molecule has 5 heteroatoms. The molecule has 2 rings (SSSR count). The number of halogens is 1. The van der Waals surface area contributed by atoms with Crippen molar-refractivity contribution >= 4 is 27.3 Å². The minimum Gasteiger partial charge on any atom is -0.481 e. The van der Waals surface area contributed by atoms with Crippen molar-refractivity contribution in [2.45, 2.75) is 12.5 Å². The number of pyridine rings is 1. The fourth-order valence-electron chi connectivity index (χ4n) is 1.58. The first kappa shape index (κ1) is 12.5. The van der Waals surface area contributed by atoms with Gasteiger partial charge in [-0.05, 0) is 39.5 Å². The average molecular weight is 314 g/mol. The SMILES string of the molecule is COc1ncccc1C(O)Cc1sccc1Br. The molecule has 17 heavy (non-hydrogen) atoms. The standard InChI is InChI=1S/C12H12BrNO2S/c1-16-12-8(3-2-5-14-12)10(15)7-11-9(13)4-6-17-11/h2-6,10,15H,7H2,1H3. The predicted octanol–water partition coefficient (Wildman–Crippen LogP) is 3.19. The van der Waals surface area contributed by atoms with Crippen LogP contribution in [0.4, 0.5) is 0 Å². The predicted molar refractivity (Wildman–Crippen MR) is 71.5 cm³/mol. The van der Waals surface area contributed by atoms with Gasteiger partial charge in [-0.15, -0.1) is 11.3 Å². The maximum Gasteiger partial charge on any atom is 0.218 e. The van der Waals surface area contributed by atoms with E-state index in [0.717, 1.165) is 14.9 Å². The maximum absolute atomic E-state index is 10.2. The Bertz CT molecular complexity index is 501. The molecular weight excluding hydrogens is 302 g/mol. The zero-order chi connectivity index (χ0) is 12.3. The molecule has 1 unspecified atom stereocenters. The molecule has 1 atom stereocenters. The van der Waals surface area contributed by atoms with Crippen molar-refractivity contribution in [2.75, 3.05) is 7.11 Å². The van der Waals surface area contributed by atoms with E-state index in [1.165, 1.54) is 0 Å². The Morgan fingerprint density at radius 3 is 3.00 bits per heavy atom. The lowest BCUT2D eigenvalue weighted by Gasteiger charge is -2.13. The summed E-state index contributed by atoms with van der Waals surface area (Å²) in [4.78, 5) is 5.19. The van der Waals surface area contributed by atoms with Crippen LogP contribution in [0.3, 0.4) is 0 Å². The molecule has 0 aliphatic heterocycles. The largest absolute Gasteiger partial charge is 0.481 e. The second kappa shape index (κ2) is 5.62. The second-order valence-electron chi connectivity index (χ2n) is 3.51. The monoisotopic (exact) mass is 313 g/mol. The highest BCUT2D eigenvalue weighted by atomic mass is 79.9. The Morgan fingerprint density at radius 2 is 2.35 bits per heavy atom. The number of aliphatic hydroxyl groups excluding tert-OH is 1. The molecule has 2 aromatic heterocycles. The first-order valence-corrected chi connectivity index (χ1v) is 6.78. The van der Waals surface area contributed by atoms with Gasteiger partial charge in [0.1, 0.15) is 0 Å². The van der Waals surface area contributed by atoms with Gasteiger partial charge >= 0.3 is 0 Å². The number of aliphatic hydroxyl groups is 1. The zero-order valence-electron chi connectivity index (χ0n) is 9.26. The van der Waals surface area contributed by atoms with Gasteiger partial charge in [-0.2, -0.15) is 0 Å². The molecule has 0 fully saturated rings. The number of hydrogen-bond acceptors (Lipinski definition) is 4. The molecule has 0 spiro atoms. The van der Waals surface area contributed by atoms with Gasteiger partial charge in [0.2, 0.25) is 5.88 Å². The van der Waals surface area contributed by atoms with Crippen LogP contribution in [0, 0.1) is 0 Å². The van der Waals surface area contributed by atoms with Crippen LogP contribution >= 0.6 is 27.3 Å². The Balaban J connectivity index is 2.20. The molecule has 0 aromatic carbocycles. The van der Waals surface area contributed by atoms with Crippen molar-refractivity contribution in [3.8, 4) is 5.88 Å². The van der Waals surface area contributed by atoms with Gasteiger partial charge in [0, 0.05) is 27.5 Å². The fourth-order valence-corrected chi connectivity index (χ4v) is 3.14. The van der Waals surface area contributed by atoms with E-state index in [1.807, 2.05) is 17.5 Å². The van der Waals surface area contributed by atoms with Crippen molar-refractivity contribution in [3.05, 3.63) is 44.7 Å². The summed E-state index contributed by atoms with van der Waals surface area (Å²) < 4.78 is 6.17. The van der Waals surface area contributed by atoms with Crippen LogP contribution in [-0.2, 0) is 6.42 Å². The molecule has 0 radical (unpaired) electrons. The van der Waals surface area contributed by atoms with Crippen molar-refractivity contribution in [1.82, 2.24) is 4.98 Å². The van der Waals surface area contributed by atoms with E-state index in [0.29, 0.717) is 12.3 Å². The Hall–Kier alpha value is -0.910. The summed E-state index contributed by atoms with van der Waals surface area (Å²) in [6.45, 7) is 0. The highest BCUT2D eigenvalue weighted by molar-refractivity contribution is 9.10. The number of nitrogens with zero attached hydrogens (tertiary/aromatic N) is 1. The highest BCUT2D eigenvalue weighted by Gasteiger charge is 2.16. The Labute approximate surface area is 112 Å². The number of thiophene rings is 1. The lowest BCUT2D eigenvalue weighted by atomic mass is 10.1. The average Bonchev–Trinajstić information content (AvgIpc) is 2.75. The third-order valence-electron chi connectivity index (χ3n) is 2.42. The van der Waals surface area contributed by atoms with E-state index < -0.39 is 6.10 Å². The van der Waals surface area contributed by atoms with Crippen LogP contribution in [0.1, 0.15) is 16.5 Å². The molecule has 1 N–H and O–H groups in total. The summed E-state index contributed by atoms with van der Waals surface area (Å²) in [5.41, 5.74) is 0.718. The Kier molecular flexibility index (Phi) is 4.15. The third kappa shape index (κ3) is 2.86. The molecule has 0 aliphatic rings. The van der Waals surface area contributed by atoms with Gasteiger partial charge in [0.05, 0.1) is 13.2 Å². The highest BCUT2D eigenvalue weighted by Crippen LogP contribution is 2.30. The van der Waals surface area contributed by atoms with E-state index in [2.05, 4.69) is 20.9 Å². The maximum atomic E-state index is 10.2. The number of ether oxygens (including phenoxy) is 1. The molecule has 2 aromatic rings. The number of aromatic nitrogens is 1. The third-order valence-corrected chi connectivity index (χ3v) is 4.37. The zero-order valence-corrected chi connectivity index (χ0v) is 11.7. The van der Waals surface area contributed by atoms with Gasteiger partial charge in [-0.25, -0.2) is 4.98 Å². The van der Waals surface area contributed by atoms with Crippen LogP contribution in [0.15, 0.2) is 34.2 Å². The molecule has 0 bridgehead atoms. The van der Waals surface area contributed by atoms with Crippen molar-refractivity contribution in [1.29, 1.82) is 0 Å². The number of methoxy groups -OCH3 is 1. The molecule has 0 saturated carbocycles. The normalized spacial score (nSPS) is 12.4. The molecule has 0 amide bonds. The summed E-state index contributed by atoms with van der Waals surface area (Å²) in [6, 6.07) is 5.61. The lowest BCUT2D eigenvalue weighted by molar-refractivity contribution is 0.173. The first-order chi connectivity index (χ1) is 8.22. The summed E-state index contributed by atoms with van der Waals surface area (Å²) in [5.74, 6) is 0.479. The van der Waals surface area contributed by atoms with Crippen LogP contribution < -0.4 is 4.74 Å². The molecule has 3 nitrogen and oxygen atoms in total. The topological polar surface area (TPSA) is 42.4 Å². The van der Waals surface area contributed by atoms with Crippen molar-refractivity contribution in [3.63, 3.8) is 0 Å². The van der Waals surface area contributed by atoms with Crippen LogP contribution in [0.5, 0.6) is 5.88 Å². The van der Waals surface area contributed by atoms with E-state index >= 15 is 0 Å². The number of hydrogen-bond donors (Lipinski definition) is 1. The summed E-state index contributed by atoms with van der Waals surface area (Å²) >= 11 is 5.07. The van der Waals surface area contributed by atoms with Crippen LogP contribution in [0.2, 0.25) is 0 Å². The fraction of sp³-hybridized carbons (Fsp3) is 0.250. The molecule has 2 heterocycles. The second-order valence-corrected chi connectivity index (χ2v) is 5.37. The van der Waals surface area contributed by atoms with Crippen molar-refractivity contribution < 1.29 is 9.84 Å². The van der Waals surface area contributed by atoms with E-state index in [9.17, 15) is 5.11 Å². The van der Waals surface area contributed by atoms with E-state index in [1.54, 1.807) is 30.7 Å². The van der Waals surface area contributed by atoms with E-state index in [-0.39, 0.29) is 0 Å². The minimum absolute atomic E-state index is 0.479. The summed E-state index contributed by atoms with van der Waals surface area (Å²) in [7, 11) is 1.56. The lowest BCUT2D eigenvalue weighted by Crippen LogP contribution is -2.04. The first-order valence-electron chi connectivity index (χ1n) is 5.11. The summed E-state index contributed by atoms with van der Waals surface area (Å²) in [6.07, 6.45) is 1.60. The molecule has 0 saturated heterocycles. The van der Waals surface area contributed by atoms with E-state index in [4.69, 9.17) is 4.74 Å². The number of rotatable bonds is 4. The van der Waals surface area contributed by atoms with Gasteiger partial charge in [0.25, 0.3) is 0 Å². The molecular formula is C12H12BrNO2S. The molecule has 90 valence electrons. The summed E-state index contributed by atoms with van der Waals surface area (Å²) in [5, 5.41) is 12.2. The van der Waals surface area contributed by atoms with Gasteiger partial charge in [0.15, 0.2) is 0 Å². The quantitative estimate of drug-likeness (QED) is 0.942. The van der Waals surface area contributed by atoms with Gasteiger partial charge < -0.3 is 9.84 Å². The Morgan fingerprint density at radius 1 is 1.53 bits per heavy atom. The van der Waals surface area contributed by atoms with Crippen LogP contribution in [-0.4, -0.2) is 17.2 Å². The van der Waals surface area contributed by atoms with Gasteiger partial charge in [-0.1, -0.05) is 0 Å². The smallest absolute Gasteiger partial charge is 0.218 e. The van der Waals surface area contributed by atoms with Gasteiger partial charge in [-0.3, -0.25) is 0 Å². The van der Waals surface area contributed by atoms with Crippen molar-refractivity contribution in [2.24, 2.45) is 0 Å². The molecule has 0 aliphatic carbocycles. The van der Waals surface area contributed by atoms with Crippen LogP contribution in [0.25, 0.3) is 0 Å².